The molecule has 2 aromatic carbocycles. The Morgan fingerprint density at radius 2 is 1.77 bits per heavy atom. The van der Waals surface area contributed by atoms with Gasteiger partial charge in [0.25, 0.3) is 15.9 Å². The van der Waals surface area contributed by atoms with Crippen molar-refractivity contribution in [2.45, 2.75) is 38.0 Å². The highest BCUT2D eigenvalue weighted by atomic mass is 32.2. The predicted octanol–water partition coefficient (Wildman–Crippen LogP) is 3.92. The quantitative estimate of drug-likeness (QED) is 0.761. The summed E-state index contributed by atoms with van der Waals surface area (Å²) in [4.78, 5) is 14.2. The van der Waals surface area contributed by atoms with Gasteiger partial charge < -0.3 is 4.90 Å². The van der Waals surface area contributed by atoms with Crippen LogP contribution >= 0.6 is 0 Å². The zero-order valence-corrected chi connectivity index (χ0v) is 16.3. The molecule has 26 heavy (non-hydrogen) atoms. The summed E-state index contributed by atoms with van der Waals surface area (Å²) in [7, 11) is -2.02. The number of hydrogen-bond donors (Lipinski definition) is 1. The molecule has 1 amide bonds. The number of amides is 1. The number of carbonyl (C=O) groups is 1. The first kappa shape index (κ1) is 20.0. The molecule has 0 aliphatic rings. The van der Waals surface area contributed by atoms with Crippen LogP contribution in [0.1, 0.15) is 42.6 Å². The van der Waals surface area contributed by atoms with Crippen LogP contribution in [0.2, 0.25) is 0 Å². The molecule has 2 rings (SSSR count). The Balaban J connectivity index is 2.20. The van der Waals surface area contributed by atoms with E-state index in [1.165, 1.54) is 12.1 Å². The lowest BCUT2D eigenvalue weighted by Gasteiger charge is -2.17. The molecule has 140 valence electrons. The van der Waals surface area contributed by atoms with Crippen molar-refractivity contribution in [2.75, 3.05) is 18.3 Å². The first-order valence-electron chi connectivity index (χ1n) is 8.84. The summed E-state index contributed by atoms with van der Waals surface area (Å²) in [5.41, 5.74) is 2.00. The largest absolute Gasteiger partial charge is 0.342 e. The standard InChI is InChI=1S/C20H26N2O3S/c1-4-6-14-22(3)20(23)17-8-7-9-19(15-17)26(24,25)21-18-12-10-16(5-2)11-13-18/h7-13,15,21H,4-6,14H2,1-3H3. The number of rotatable bonds is 8. The number of unbranched alkanes of at least 4 members (excludes halogenated alkanes) is 1. The molecule has 0 aliphatic heterocycles. The number of hydrogen-bond acceptors (Lipinski definition) is 3. The molecule has 0 bridgehead atoms. The van der Waals surface area contributed by atoms with Crippen molar-refractivity contribution >= 4 is 21.6 Å². The van der Waals surface area contributed by atoms with E-state index in [4.69, 9.17) is 0 Å². The first-order valence-corrected chi connectivity index (χ1v) is 10.3. The van der Waals surface area contributed by atoms with Gasteiger partial charge in [-0.1, -0.05) is 38.5 Å². The van der Waals surface area contributed by atoms with E-state index in [-0.39, 0.29) is 10.8 Å². The van der Waals surface area contributed by atoms with Gasteiger partial charge in [-0.2, -0.15) is 0 Å². The van der Waals surface area contributed by atoms with Crippen LogP contribution in [-0.2, 0) is 16.4 Å². The highest BCUT2D eigenvalue weighted by Crippen LogP contribution is 2.18. The maximum Gasteiger partial charge on any atom is 0.261 e. The molecular weight excluding hydrogens is 348 g/mol. The summed E-state index contributed by atoms with van der Waals surface area (Å²) < 4.78 is 27.8. The predicted molar refractivity (Wildman–Crippen MR) is 105 cm³/mol. The molecule has 0 saturated carbocycles. The molecule has 5 nitrogen and oxygen atoms in total. The lowest BCUT2D eigenvalue weighted by molar-refractivity contribution is 0.0793. The van der Waals surface area contributed by atoms with E-state index in [0.717, 1.165) is 24.8 Å². The molecule has 0 aromatic heterocycles. The molecule has 6 heteroatoms. The number of sulfonamides is 1. The molecule has 0 spiro atoms. The molecule has 0 atom stereocenters. The number of nitrogens with zero attached hydrogens (tertiary/aromatic N) is 1. The van der Waals surface area contributed by atoms with Crippen molar-refractivity contribution in [1.29, 1.82) is 0 Å². The topological polar surface area (TPSA) is 66.5 Å². The fourth-order valence-electron chi connectivity index (χ4n) is 2.54. The van der Waals surface area contributed by atoms with Gasteiger partial charge in [-0.15, -0.1) is 0 Å². The second kappa shape index (κ2) is 8.85. The van der Waals surface area contributed by atoms with E-state index >= 15 is 0 Å². The van der Waals surface area contributed by atoms with E-state index < -0.39 is 10.0 Å². The van der Waals surface area contributed by atoms with Gasteiger partial charge in [-0.05, 0) is 48.7 Å². The van der Waals surface area contributed by atoms with Gasteiger partial charge in [0.2, 0.25) is 0 Å². The van der Waals surface area contributed by atoms with Gasteiger partial charge in [0.1, 0.15) is 0 Å². The van der Waals surface area contributed by atoms with Crippen LogP contribution in [0.25, 0.3) is 0 Å². The maximum absolute atomic E-state index is 12.6. The van der Waals surface area contributed by atoms with Crippen LogP contribution in [0, 0.1) is 0 Å². The third-order valence-corrected chi connectivity index (χ3v) is 5.58. The summed E-state index contributed by atoms with van der Waals surface area (Å²) >= 11 is 0. The third kappa shape index (κ3) is 5.08. The monoisotopic (exact) mass is 374 g/mol. The second-order valence-electron chi connectivity index (χ2n) is 6.26. The highest BCUT2D eigenvalue weighted by molar-refractivity contribution is 7.92. The minimum absolute atomic E-state index is 0.0757. The minimum atomic E-state index is -3.75. The summed E-state index contributed by atoms with van der Waals surface area (Å²) in [6, 6.07) is 13.4. The summed E-state index contributed by atoms with van der Waals surface area (Å²) in [5.74, 6) is -0.178. The Morgan fingerprint density at radius 3 is 2.38 bits per heavy atom. The summed E-state index contributed by atoms with van der Waals surface area (Å²) in [5, 5.41) is 0. The molecule has 1 N–H and O–H groups in total. The lowest BCUT2D eigenvalue weighted by atomic mass is 10.2. The maximum atomic E-state index is 12.6. The van der Waals surface area contributed by atoms with Crippen LogP contribution in [-0.4, -0.2) is 32.8 Å². The van der Waals surface area contributed by atoms with Crippen molar-refractivity contribution in [1.82, 2.24) is 4.90 Å². The molecule has 0 unspecified atom stereocenters. The highest BCUT2D eigenvalue weighted by Gasteiger charge is 2.18. The van der Waals surface area contributed by atoms with E-state index in [0.29, 0.717) is 17.8 Å². The second-order valence-corrected chi connectivity index (χ2v) is 7.95. The van der Waals surface area contributed by atoms with E-state index in [1.54, 1.807) is 36.2 Å². The van der Waals surface area contributed by atoms with E-state index in [2.05, 4.69) is 11.6 Å². The van der Waals surface area contributed by atoms with E-state index in [9.17, 15) is 13.2 Å². The van der Waals surface area contributed by atoms with Gasteiger partial charge in [0.15, 0.2) is 0 Å². The zero-order chi connectivity index (χ0) is 19.2. The number of benzene rings is 2. The summed E-state index contributed by atoms with van der Waals surface area (Å²) in [6.07, 6.45) is 2.80. The van der Waals surface area contributed by atoms with Gasteiger partial charge >= 0.3 is 0 Å². The molecule has 0 aliphatic carbocycles. The number of anilines is 1. The molecule has 0 saturated heterocycles. The van der Waals surface area contributed by atoms with Crippen LogP contribution in [0.3, 0.4) is 0 Å². The third-order valence-electron chi connectivity index (χ3n) is 4.20. The van der Waals surface area contributed by atoms with Gasteiger partial charge in [-0.3, -0.25) is 9.52 Å². The Hall–Kier alpha value is -2.34. The van der Waals surface area contributed by atoms with Crippen LogP contribution in [0.5, 0.6) is 0 Å². The number of nitrogens with one attached hydrogen (secondary N) is 1. The Morgan fingerprint density at radius 1 is 1.08 bits per heavy atom. The van der Waals surface area contributed by atoms with Gasteiger partial charge in [0.05, 0.1) is 4.90 Å². The molecule has 0 radical (unpaired) electrons. The Bertz CT molecular complexity index is 846. The average molecular weight is 375 g/mol. The normalized spacial score (nSPS) is 11.2. The van der Waals surface area contributed by atoms with Gasteiger partial charge in [0, 0.05) is 24.8 Å². The summed E-state index contributed by atoms with van der Waals surface area (Å²) in [6.45, 7) is 4.75. The molecule has 0 heterocycles. The van der Waals surface area contributed by atoms with Crippen LogP contribution in [0.4, 0.5) is 5.69 Å². The SMILES string of the molecule is CCCCN(C)C(=O)c1cccc(S(=O)(=O)Nc2ccc(CC)cc2)c1. The fraction of sp³-hybridized carbons (Fsp3) is 0.350. The van der Waals surface area contributed by atoms with Crippen molar-refractivity contribution in [3.8, 4) is 0 Å². The lowest BCUT2D eigenvalue weighted by Crippen LogP contribution is -2.27. The smallest absolute Gasteiger partial charge is 0.261 e. The fourth-order valence-corrected chi connectivity index (χ4v) is 3.64. The first-order chi connectivity index (χ1) is 12.4. The molecule has 2 aromatic rings. The number of aryl methyl sites for hydroxylation is 1. The van der Waals surface area contributed by atoms with Crippen molar-refractivity contribution in [3.63, 3.8) is 0 Å². The number of carbonyl (C=O) groups excluding carboxylic acids is 1. The van der Waals surface area contributed by atoms with Gasteiger partial charge in [-0.25, -0.2) is 8.42 Å². The minimum Gasteiger partial charge on any atom is -0.342 e. The molecule has 0 fully saturated rings. The Labute approximate surface area is 156 Å². The van der Waals surface area contributed by atoms with Crippen molar-refractivity contribution < 1.29 is 13.2 Å². The van der Waals surface area contributed by atoms with Crippen molar-refractivity contribution in [3.05, 3.63) is 59.7 Å². The van der Waals surface area contributed by atoms with Crippen LogP contribution in [0.15, 0.2) is 53.4 Å². The van der Waals surface area contributed by atoms with Crippen LogP contribution < -0.4 is 4.72 Å². The Kier molecular flexibility index (Phi) is 6.80. The van der Waals surface area contributed by atoms with E-state index in [1.807, 2.05) is 19.1 Å². The average Bonchev–Trinajstić information content (AvgIpc) is 2.66. The molecular formula is C20H26N2O3S. The zero-order valence-electron chi connectivity index (χ0n) is 15.5. The van der Waals surface area contributed by atoms with Crippen molar-refractivity contribution in [2.24, 2.45) is 0 Å².